The van der Waals surface area contributed by atoms with Gasteiger partial charge in [0.25, 0.3) is 5.91 Å². The van der Waals surface area contributed by atoms with Gasteiger partial charge in [-0.05, 0) is 73.9 Å². The summed E-state index contributed by atoms with van der Waals surface area (Å²) in [5.41, 5.74) is 3.51. The first-order valence-electron chi connectivity index (χ1n) is 10.9. The summed E-state index contributed by atoms with van der Waals surface area (Å²) >= 11 is 0. The third-order valence-electron chi connectivity index (χ3n) is 5.37. The zero-order valence-electron chi connectivity index (χ0n) is 18.8. The van der Waals surface area contributed by atoms with E-state index in [1.165, 1.54) is 30.5 Å². The maximum Gasteiger partial charge on any atom is 0.251 e. The molecule has 9 heteroatoms. The van der Waals surface area contributed by atoms with Crippen molar-refractivity contribution in [3.63, 3.8) is 0 Å². The highest BCUT2D eigenvalue weighted by atomic mass is 32.2. The van der Waals surface area contributed by atoms with E-state index in [4.69, 9.17) is 4.42 Å². The van der Waals surface area contributed by atoms with Crippen LogP contribution in [0.1, 0.15) is 33.8 Å². The van der Waals surface area contributed by atoms with Gasteiger partial charge in [0.05, 0.1) is 29.1 Å². The number of aromatic nitrogens is 2. The molecule has 0 radical (unpaired) electrons. The summed E-state index contributed by atoms with van der Waals surface area (Å²) in [6.45, 7) is 2.53. The highest BCUT2D eigenvalue weighted by Crippen LogP contribution is 2.14. The van der Waals surface area contributed by atoms with Crippen LogP contribution in [0.2, 0.25) is 0 Å². The van der Waals surface area contributed by atoms with E-state index in [9.17, 15) is 13.2 Å². The number of hydrogen-bond donors (Lipinski definition) is 2. The second-order valence-electron chi connectivity index (χ2n) is 7.81. The molecule has 1 amide bonds. The van der Waals surface area contributed by atoms with Crippen LogP contribution in [0, 0.1) is 6.92 Å². The topological polar surface area (TPSA) is 106 Å². The molecule has 2 aromatic carbocycles. The molecule has 0 fully saturated rings. The number of nitrogens with zero attached hydrogens (tertiary/aromatic N) is 2. The van der Waals surface area contributed by atoms with Gasteiger partial charge in [0.15, 0.2) is 0 Å². The van der Waals surface area contributed by atoms with Crippen molar-refractivity contribution in [3.8, 4) is 5.69 Å². The molecule has 0 aliphatic heterocycles. The number of para-hydroxylation sites is 1. The van der Waals surface area contributed by atoms with Crippen molar-refractivity contribution in [1.82, 2.24) is 19.8 Å². The minimum absolute atomic E-state index is 0.0568. The minimum atomic E-state index is -3.70. The SMILES string of the molecule is Cc1nn(-c2ccccc2)cc1CCCNC(=O)c1ccc(S(=O)(=O)NCc2ccco2)cc1. The van der Waals surface area contributed by atoms with Gasteiger partial charge in [-0.25, -0.2) is 17.8 Å². The Bertz CT molecular complexity index is 1330. The molecule has 176 valence electrons. The molecule has 0 spiro atoms. The van der Waals surface area contributed by atoms with E-state index < -0.39 is 10.0 Å². The van der Waals surface area contributed by atoms with Gasteiger partial charge in [-0.2, -0.15) is 5.10 Å². The number of nitrogens with one attached hydrogen (secondary N) is 2. The number of amides is 1. The second-order valence-corrected chi connectivity index (χ2v) is 9.57. The summed E-state index contributed by atoms with van der Waals surface area (Å²) in [6, 6.07) is 19.1. The van der Waals surface area contributed by atoms with E-state index in [-0.39, 0.29) is 17.3 Å². The number of sulfonamides is 1. The summed E-state index contributed by atoms with van der Waals surface area (Å²) in [5, 5.41) is 7.45. The largest absolute Gasteiger partial charge is 0.468 e. The van der Waals surface area contributed by atoms with Crippen LogP contribution in [0.4, 0.5) is 0 Å². The lowest BCUT2D eigenvalue weighted by Gasteiger charge is -2.08. The lowest BCUT2D eigenvalue weighted by Crippen LogP contribution is -2.25. The Kier molecular flexibility index (Phi) is 7.24. The number of aryl methyl sites for hydroxylation is 2. The zero-order valence-corrected chi connectivity index (χ0v) is 19.6. The average Bonchev–Trinajstić information content (AvgIpc) is 3.51. The molecular weight excluding hydrogens is 452 g/mol. The summed E-state index contributed by atoms with van der Waals surface area (Å²) < 4.78 is 34.3. The van der Waals surface area contributed by atoms with Crippen LogP contribution >= 0.6 is 0 Å². The van der Waals surface area contributed by atoms with Crippen LogP contribution in [-0.4, -0.2) is 30.7 Å². The van der Waals surface area contributed by atoms with E-state index in [0.717, 1.165) is 29.8 Å². The minimum Gasteiger partial charge on any atom is -0.468 e. The quantitative estimate of drug-likeness (QED) is 0.339. The standard InChI is InChI=1S/C25H26N4O4S/c1-19-21(18-29(28-19)22-8-3-2-4-9-22)7-5-15-26-25(30)20-11-13-24(14-12-20)34(31,32)27-17-23-10-6-16-33-23/h2-4,6,8-14,16,18,27H,5,7,15,17H2,1H3,(H,26,30). The fourth-order valence-corrected chi connectivity index (χ4v) is 4.48. The number of rotatable bonds is 10. The molecule has 4 aromatic rings. The molecule has 2 N–H and O–H groups in total. The smallest absolute Gasteiger partial charge is 0.251 e. The van der Waals surface area contributed by atoms with Crippen LogP contribution < -0.4 is 10.0 Å². The van der Waals surface area contributed by atoms with E-state index in [1.807, 2.05) is 48.1 Å². The first-order valence-corrected chi connectivity index (χ1v) is 12.4. The Hall–Kier alpha value is -3.69. The molecular formula is C25H26N4O4S. The van der Waals surface area contributed by atoms with Crippen molar-refractivity contribution >= 4 is 15.9 Å². The van der Waals surface area contributed by atoms with E-state index >= 15 is 0 Å². The fourth-order valence-electron chi connectivity index (χ4n) is 3.49. The van der Waals surface area contributed by atoms with E-state index in [1.54, 1.807) is 12.1 Å². The maximum absolute atomic E-state index is 12.4. The first kappa shape index (κ1) is 23.5. The molecule has 34 heavy (non-hydrogen) atoms. The van der Waals surface area contributed by atoms with Crippen LogP contribution in [-0.2, 0) is 23.0 Å². The molecule has 0 saturated carbocycles. The van der Waals surface area contributed by atoms with Gasteiger partial charge in [0.2, 0.25) is 10.0 Å². The van der Waals surface area contributed by atoms with Gasteiger partial charge >= 0.3 is 0 Å². The van der Waals surface area contributed by atoms with Crippen molar-refractivity contribution in [1.29, 1.82) is 0 Å². The Labute approximate surface area is 198 Å². The number of furan rings is 1. The van der Waals surface area contributed by atoms with Crippen LogP contribution in [0.5, 0.6) is 0 Å². The molecule has 2 heterocycles. The Balaban J connectivity index is 1.26. The van der Waals surface area contributed by atoms with E-state index in [0.29, 0.717) is 17.9 Å². The molecule has 0 bridgehead atoms. The molecule has 0 aliphatic rings. The fraction of sp³-hybridized carbons (Fsp3) is 0.200. The molecule has 8 nitrogen and oxygen atoms in total. The lowest BCUT2D eigenvalue weighted by atomic mass is 10.1. The maximum atomic E-state index is 12.4. The van der Waals surface area contributed by atoms with Gasteiger partial charge in [-0.3, -0.25) is 4.79 Å². The number of carbonyl (C=O) groups is 1. The van der Waals surface area contributed by atoms with E-state index in [2.05, 4.69) is 15.1 Å². The zero-order chi connectivity index (χ0) is 24.0. The van der Waals surface area contributed by atoms with Crippen molar-refractivity contribution < 1.29 is 17.6 Å². The van der Waals surface area contributed by atoms with Gasteiger partial charge in [0.1, 0.15) is 5.76 Å². The summed E-state index contributed by atoms with van der Waals surface area (Å²) in [5.74, 6) is 0.270. The Morgan fingerprint density at radius 2 is 1.79 bits per heavy atom. The van der Waals surface area contributed by atoms with Gasteiger partial charge < -0.3 is 9.73 Å². The summed E-state index contributed by atoms with van der Waals surface area (Å²) in [6.07, 6.45) is 5.05. The molecule has 2 aromatic heterocycles. The predicted octanol–water partition coefficient (Wildman–Crippen LogP) is 3.61. The van der Waals surface area contributed by atoms with Crippen LogP contribution in [0.25, 0.3) is 5.69 Å². The van der Waals surface area contributed by atoms with Crippen molar-refractivity contribution in [2.24, 2.45) is 0 Å². The highest BCUT2D eigenvalue weighted by molar-refractivity contribution is 7.89. The number of benzene rings is 2. The molecule has 0 aliphatic carbocycles. The third kappa shape index (κ3) is 5.81. The van der Waals surface area contributed by atoms with Gasteiger partial charge in [-0.15, -0.1) is 0 Å². The lowest BCUT2D eigenvalue weighted by molar-refractivity contribution is 0.0953. The Morgan fingerprint density at radius 3 is 2.50 bits per heavy atom. The van der Waals surface area contributed by atoms with Crippen molar-refractivity contribution in [2.45, 2.75) is 31.2 Å². The molecule has 4 rings (SSSR count). The molecule has 0 unspecified atom stereocenters. The highest BCUT2D eigenvalue weighted by Gasteiger charge is 2.15. The number of carbonyl (C=O) groups excluding carboxylic acids is 1. The third-order valence-corrected chi connectivity index (χ3v) is 6.79. The summed E-state index contributed by atoms with van der Waals surface area (Å²) in [7, 11) is -3.70. The molecule has 0 atom stereocenters. The Morgan fingerprint density at radius 1 is 1.03 bits per heavy atom. The molecule has 0 saturated heterocycles. The summed E-state index contributed by atoms with van der Waals surface area (Å²) in [4.78, 5) is 12.5. The number of hydrogen-bond acceptors (Lipinski definition) is 5. The second kappa shape index (κ2) is 10.5. The van der Waals surface area contributed by atoms with Gasteiger partial charge in [0, 0.05) is 18.3 Å². The normalized spacial score (nSPS) is 11.4. The van der Waals surface area contributed by atoms with Crippen molar-refractivity contribution in [2.75, 3.05) is 6.54 Å². The predicted molar refractivity (Wildman–Crippen MR) is 128 cm³/mol. The van der Waals surface area contributed by atoms with Gasteiger partial charge in [-0.1, -0.05) is 18.2 Å². The van der Waals surface area contributed by atoms with Crippen molar-refractivity contribution in [3.05, 3.63) is 102 Å². The first-order chi connectivity index (χ1) is 16.4. The average molecular weight is 479 g/mol. The van der Waals surface area contributed by atoms with Crippen LogP contribution in [0.3, 0.4) is 0 Å². The monoisotopic (exact) mass is 478 g/mol. The van der Waals surface area contributed by atoms with Crippen LogP contribution in [0.15, 0.2) is 88.5 Å².